The fourth-order valence-electron chi connectivity index (χ4n) is 9.54. The lowest BCUT2D eigenvalue weighted by Crippen LogP contribution is -1.96. The molecule has 0 atom stereocenters. The Morgan fingerprint density at radius 2 is 0.733 bits per heavy atom. The van der Waals surface area contributed by atoms with Crippen LogP contribution < -0.4 is 0 Å². The third kappa shape index (κ3) is 8.44. The summed E-state index contributed by atoms with van der Waals surface area (Å²) in [6.45, 7) is 8.84. The van der Waals surface area contributed by atoms with Gasteiger partial charge in [-0.25, -0.2) is 0 Å². The molecule has 310 valence electrons. The number of phenolic OH excluding ortho intramolecular Hbond substituents is 2. The van der Waals surface area contributed by atoms with Crippen LogP contribution in [-0.4, -0.2) is 19.3 Å². The molecule has 0 unspecified atom stereocenters. The summed E-state index contributed by atoms with van der Waals surface area (Å²) < 4.78 is 4.47. The Hall–Kier alpha value is -5.48. The van der Waals surface area contributed by atoms with E-state index in [4.69, 9.17) is 0 Å². The quantitative estimate of drug-likeness (QED) is 0.0801. The fraction of sp³-hybridized carbons (Fsp3) is 0.357. The molecule has 2 aromatic heterocycles. The molecule has 0 saturated carbocycles. The molecule has 0 aliphatic carbocycles. The third-order valence-corrected chi connectivity index (χ3v) is 13.0. The van der Waals surface area contributed by atoms with Crippen LogP contribution in [0.2, 0.25) is 0 Å². The van der Waals surface area contributed by atoms with Crippen LogP contribution in [0.1, 0.15) is 127 Å². The number of aromatic hydroxyl groups is 2. The van der Waals surface area contributed by atoms with E-state index in [2.05, 4.69) is 134 Å². The second-order valence-corrected chi connectivity index (χ2v) is 17.2. The summed E-state index contributed by atoms with van der Waals surface area (Å²) >= 11 is 0. The van der Waals surface area contributed by atoms with Gasteiger partial charge in [0.2, 0.25) is 0 Å². The number of rotatable bonds is 19. The number of nitrogens with zero attached hydrogens (tertiary/aromatic N) is 2. The normalized spacial score (nSPS) is 11.9. The lowest BCUT2D eigenvalue weighted by atomic mass is 10.0. The Labute approximate surface area is 357 Å². The zero-order valence-electron chi connectivity index (χ0n) is 36.5. The monoisotopic (exact) mass is 796 g/mol. The van der Waals surface area contributed by atoms with Crippen LogP contribution in [0, 0.1) is 0 Å². The second-order valence-electron chi connectivity index (χ2n) is 17.2. The Bertz CT molecular complexity index is 2520. The molecule has 0 aliphatic heterocycles. The van der Waals surface area contributed by atoms with Crippen molar-refractivity contribution in [2.24, 2.45) is 0 Å². The first-order valence-corrected chi connectivity index (χ1v) is 23.2. The van der Waals surface area contributed by atoms with Crippen LogP contribution in [0.25, 0.3) is 66.1 Å². The Balaban J connectivity index is 1.09. The number of phenols is 2. The standard InChI is InChI=1S/C56H64N2O2/c1-5-9-11-13-15-17-19-41-21-31-51-47(35-41)49-33-39(7-3)37-53(59)55(49)57(51)45-27-23-43(24-28-45)44-25-29-46(30-26-44)58-52-32-22-42(20-18-16-14-12-10-6-2)36-48(52)50-34-40(8-4)38-54(60)56(50)58/h21-38,59-60H,5-20H2,1-4H3. The molecule has 0 amide bonds. The van der Waals surface area contributed by atoms with E-state index in [1.807, 2.05) is 12.1 Å². The van der Waals surface area contributed by atoms with Crippen molar-refractivity contribution < 1.29 is 10.2 Å². The highest BCUT2D eigenvalue weighted by molar-refractivity contribution is 6.12. The average molecular weight is 797 g/mol. The smallest absolute Gasteiger partial charge is 0.140 e. The molecule has 8 aromatic rings. The number of unbranched alkanes of at least 4 members (excludes halogenated alkanes) is 10. The SMILES string of the molecule is CCCCCCCCc1ccc2c(c1)c1cc(CC)cc(O)c1n2-c1ccc(-c2ccc(-n3c4ccc(CCCCCCCC)cc4c4cc(CC)cc(O)c43)cc2)cc1. The van der Waals surface area contributed by atoms with Gasteiger partial charge in [0.05, 0.1) is 22.1 Å². The van der Waals surface area contributed by atoms with Crippen LogP contribution in [0.15, 0.2) is 109 Å². The molecule has 0 saturated heterocycles. The van der Waals surface area contributed by atoms with Crippen molar-refractivity contribution in [3.05, 3.63) is 131 Å². The van der Waals surface area contributed by atoms with E-state index in [9.17, 15) is 10.2 Å². The molecule has 6 aromatic carbocycles. The van der Waals surface area contributed by atoms with Gasteiger partial charge in [-0.05, 0) is 145 Å². The molecule has 0 fully saturated rings. The molecule has 4 heteroatoms. The highest BCUT2D eigenvalue weighted by Crippen LogP contribution is 2.41. The van der Waals surface area contributed by atoms with Gasteiger partial charge in [-0.2, -0.15) is 0 Å². The third-order valence-electron chi connectivity index (χ3n) is 13.0. The molecule has 2 N–H and O–H groups in total. The first-order valence-electron chi connectivity index (χ1n) is 23.2. The summed E-state index contributed by atoms with van der Waals surface area (Å²) in [5, 5.41) is 27.6. The second kappa shape index (κ2) is 18.8. The van der Waals surface area contributed by atoms with Gasteiger partial charge in [0.1, 0.15) is 11.5 Å². The van der Waals surface area contributed by atoms with Gasteiger partial charge in [-0.3, -0.25) is 0 Å². The first-order chi connectivity index (χ1) is 29.4. The van der Waals surface area contributed by atoms with Crippen molar-refractivity contribution in [2.45, 2.75) is 130 Å². The fourth-order valence-corrected chi connectivity index (χ4v) is 9.54. The highest BCUT2D eigenvalue weighted by atomic mass is 16.3. The lowest BCUT2D eigenvalue weighted by Gasteiger charge is -2.12. The highest BCUT2D eigenvalue weighted by Gasteiger charge is 2.19. The van der Waals surface area contributed by atoms with E-state index in [1.54, 1.807) is 0 Å². The first kappa shape index (κ1) is 41.3. The average Bonchev–Trinajstić information content (AvgIpc) is 3.79. The van der Waals surface area contributed by atoms with E-state index in [0.717, 1.165) is 92.2 Å². The maximum atomic E-state index is 11.5. The molecule has 4 nitrogen and oxygen atoms in total. The van der Waals surface area contributed by atoms with Gasteiger partial charge in [0, 0.05) is 32.9 Å². The number of fused-ring (bicyclic) bond motifs is 6. The Morgan fingerprint density at radius 1 is 0.367 bits per heavy atom. The van der Waals surface area contributed by atoms with E-state index in [0.29, 0.717) is 11.5 Å². The summed E-state index contributed by atoms with van der Waals surface area (Å²) in [4.78, 5) is 0. The zero-order valence-corrected chi connectivity index (χ0v) is 36.5. The van der Waals surface area contributed by atoms with Crippen molar-refractivity contribution in [2.75, 3.05) is 0 Å². The van der Waals surface area contributed by atoms with Crippen LogP contribution >= 0.6 is 0 Å². The van der Waals surface area contributed by atoms with Gasteiger partial charge in [0.15, 0.2) is 0 Å². The Kier molecular flexibility index (Phi) is 13.0. The van der Waals surface area contributed by atoms with Gasteiger partial charge < -0.3 is 19.3 Å². The summed E-state index contributed by atoms with van der Waals surface area (Å²) in [5.74, 6) is 0.655. The number of benzene rings is 6. The minimum atomic E-state index is 0.328. The molecular formula is C56H64N2O2. The molecule has 2 heterocycles. The maximum Gasteiger partial charge on any atom is 0.140 e. The molecule has 8 rings (SSSR count). The lowest BCUT2D eigenvalue weighted by molar-refractivity contribution is 0.478. The van der Waals surface area contributed by atoms with Crippen LogP contribution in [0.3, 0.4) is 0 Å². The minimum absolute atomic E-state index is 0.328. The molecule has 0 aliphatic rings. The van der Waals surface area contributed by atoms with Crippen LogP contribution in [0.5, 0.6) is 11.5 Å². The van der Waals surface area contributed by atoms with E-state index in [-0.39, 0.29) is 0 Å². The van der Waals surface area contributed by atoms with Crippen molar-refractivity contribution >= 4 is 43.6 Å². The van der Waals surface area contributed by atoms with Crippen molar-refractivity contribution in [3.63, 3.8) is 0 Å². The van der Waals surface area contributed by atoms with E-state index >= 15 is 0 Å². The van der Waals surface area contributed by atoms with Crippen molar-refractivity contribution in [3.8, 4) is 34.0 Å². The van der Waals surface area contributed by atoms with Gasteiger partial charge in [-0.1, -0.05) is 128 Å². The van der Waals surface area contributed by atoms with Crippen LogP contribution in [-0.2, 0) is 25.7 Å². The molecule has 60 heavy (non-hydrogen) atoms. The predicted molar refractivity (Wildman–Crippen MR) is 257 cm³/mol. The molecule has 0 spiro atoms. The van der Waals surface area contributed by atoms with Gasteiger partial charge in [-0.15, -0.1) is 0 Å². The number of hydrogen-bond donors (Lipinski definition) is 2. The van der Waals surface area contributed by atoms with E-state index < -0.39 is 0 Å². The number of aromatic nitrogens is 2. The van der Waals surface area contributed by atoms with Crippen LogP contribution in [0.4, 0.5) is 0 Å². The van der Waals surface area contributed by atoms with E-state index in [1.165, 1.54) is 98.9 Å². The molecule has 0 radical (unpaired) electrons. The minimum Gasteiger partial charge on any atom is -0.506 e. The number of hydrogen-bond acceptors (Lipinski definition) is 2. The largest absolute Gasteiger partial charge is 0.506 e. The van der Waals surface area contributed by atoms with Gasteiger partial charge >= 0.3 is 0 Å². The predicted octanol–water partition coefficient (Wildman–Crippen LogP) is 15.9. The maximum absolute atomic E-state index is 11.5. The summed E-state index contributed by atoms with van der Waals surface area (Å²) in [5.41, 5.74) is 13.3. The molecular weight excluding hydrogens is 733 g/mol. The summed E-state index contributed by atoms with van der Waals surface area (Å²) in [6, 6.07) is 39.7. The molecule has 0 bridgehead atoms. The summed E-state index contributed by atoms with van der Waals surface area (Å²) in [7, 11) is 0. The zero-order chi connectivity index (χ0) is 41.6. The van der Waals surface area contributed by atoms with Crippen molar-refractivity contribution in [1.29, 1.82) is 0 Å². The summed E-state index contributed by atoms with van der Waals surface area (Å²) in [6.07, 6.45) is 19.4. The number of aryl methyl sites for hydroxylation is 4. The van der Waals surface area contributed by atoms with Crippen molar-refractivity contribution in [1.82, 2.24) is 9.13 Å². The van der Waals surface area contributed by atoms with Gasteiger partial charge in [0.25, 0.3) is 0 Å². The topological polar surface area (TPSA) is 50.3 Å². The Morgan fingerprint density at radius 3 is 1.12 bits per heavy atom.